The molecule has 7 heteroatoms. The van der Waals surface area contributed by atoms with Crippen LogP contribution in [0.25, 0.3) is 0 Å². The molecule has 0 spiro atoms. The van der Waals surface area contributed by atoms with Crippen LogP contribution in [0.5, 0.6) is 11.5 Å². The van der Waals surface area contributed by atoms with E-state index >= 15 is 0 Å². The number of rotatable bonds is 5. The van der Waals surface area contributed by atoms with Crippen LogP contribution in [0, 0.1) is 0 Å². The van der Waals surface area contributed by atoms with Gasteiger partial charge in [0.05, 0.1) is 35.1 Å². The number of thioether (sulfide) groups is 1. The lowest BCUT2D eigenvalue weighted by atomic mass is 9.95. The maximum absolute atomic E-state index is 13.0. The van der Waals surface area contributed by atoms with E-state index in [4.69, 9.17) is 14.5 Å². The summed E-state index contributed by atoms with van der Waals surface area (Å²) in [4.78, 5) is 17.8. The molecule has 156 valence electrons. The molecule has 0 amide bonds. The summed E-state index contributed by atoms with van der Waals surface area (Å²) in [6.07, 6.45) is 5.91. The largest absolute Gasteiger partial charge is 0.493 e. The van der Waals surface area contributed by atoms with Gasteiger partial charge in [-0.3, -0.25) is 14.6 Å². The van der Waals surface area contributed by atoms with Gasteiger partial charge in [0.25, 0.3) is 5.56 Å². The van der Waals surface area contributed by atoms with E-state index in [1.807, 2.05) is 43.7 Å². The monoisotopic (exact) mass is 415 g/mol. The number of fused-ring (bicyclic) bond motifs is 1. The molecule has 1 atom stereocenters. The third-order valence-electron chi connectivity index (χ3n) is 5.54. The zero-order valence-electron chi connectivity index (χ0n) is 17.5. The van der Waals surface area contributed by atoms with E-state index in [0.29, 0.717) is 17.5 Å². The van der Waals surface area contributed by atoms with Crippen molar-refractivity contribution in [2.45, 2.75) is 70.3 Å². The molecule has 1 aliphatic carbocycles. The number of hydrogen-bond acceptors (Lipinski definition) is 5. The van der Waals surface area contributed by atoms with Crippen LogP contribution in [0.1, 0.15) is 75.3 Å². The van der Waals surface area contributed by atoms with E-state index in [0.717, 1.165) is 34.8 Å². The topological polar surface area (TPSA) is 68.6 Å². The number of methoxy groups -OCH3 is 1. The summed E-state index contributed by atoms with van der Waals surface area (Å²) in [5, 5.41) is 3.95. The van der Waals surface area contributed by atoms with E-state index in [1.54, 1.807) is 18.9 Å². The molecule has 0 saturated heterocycles. The lowest BCUT2D eigenvalue weighted by Gasteiger charge is -2.26. The van der Waals surface area contributed by atoms with Crippen molar-refractivity contribution in [3.05, 3.63) is 39.7 Å². The zero-order chi connectivity index (χ0) is 20.5. The maximum Gasteiger partial charge on any atom is 0.271 e. The third-order valence-corrected chi connectivity index (χ3v) is 6.72. The van der Waals surface area contributed by atoms with Crippen LogP contribution < -0.4 is 15.0 Å². The van der Waals surface area contributed by atoms with Crippen molar-refractivity contribution in [1.29, 1.82) is 0 Å². The highest BCUT2D eigenvalue weighted by Crippen LogP contribution is 2.46. The van der Waals surface area contributed by atoms with Gasteiger partial charge < -0.3 is 9.47 Å². The fourth-order valence-corrected chi connectivity index (χ4v) is 5.34. The van der Waals surface area contributed by atoms with Crippen LogP contribution in [0.3, 0.4) is 0 Å². The zero-order valence-corrected chi connectivity index (χ0v) is 18.3. The Hall–Kier alpha value is -2.15. The Bertz CT molecular complexity index is 970. The summed E-state index contributed by atoms with van der Waals surface area (Å²) in [7, 11) is 1.64. The van der Waals surface area contributed by atoms with Crippen molar-refractivity contribution in [3.63, 3.8) is 0 Å². The molecule has 2 heterocycles. The van der Waals surface area contributed by atoms with Crippen LogP contribution in [-0.4, -0.2) is 28.0 Å². The van der Waals surface area contributed by atoms with E-state index in [1.165, 1.54) is 19.3 Å². The first-order chi connectivity index (χ1) is 14.0. The first-order valence-electron chi connectivity index (χ1n) is 10.4. The molecule has 2 aliphatic rings. The van der Waals surface area contributed by atoms with Gasteiger partial charge in [-0.1, -0.05) is 37.1 Å². The second kappa shape index (κ2) is 8.30. The van der Waals surface area contributed by atoms with Crippen LogP contribution >= 0.6 is 11.8 Å². The van der Waals surface area contributed by atoms with Gasteiger partial charge in [0.2, 0.25) is 0 Å². The fourth-order valence-electron chi connectivity index (χ4n) is 4.25. The number of aromatic amines is 1. The van der Waals surface area contributed by atoms with Gasteiger partial charge in [-0.15, -0.1) is 0 Å². The second-order valence-corrected chi connectivity index (χ2v) is 9.34. The van der Waals surface area contributed by atoms with Gasteiger partial charge in [0.15, 0.2) is 17.3 Å². The summed E-state index contributed by atoms with van der Waals surface area (Å²) in [6.45, 7) is 6.00. The molecule has 1 N–H and O–H groups in total. The summed E-state index contributed by atoms with van der Waals surface area (Å²) in [6, 6.07) is 6.26. The van der Waals surface area contributed by atoms with E-state index in [2.05, 4.69) is 5.10 Å². The first-order valence-corrected chi connectivity index (χ1v) is 11.3. The van der Waals surface area contributed by atoms with Crippen molar-refractivity contribution >= 4 is 22.6 Å². The Kier molecular flexibility index (Phi) is 5.76. The Morgan fingerprint density at radius 2 is 1.97 bits per heavy atom. The average molecular weight is 416 g/mol. The Labute approximate surface area is 175 Å². The molecule has 1 aromatic heterocycles. The summed E-state index contributed by atoms with van der Waals surface area (Å²) in [5.74, 6) is 2.19. The van der Waals surface area contributed by atoms with Gasteiger partial charge in [-0.25, -0.2) is 4.99 Å². The molecule has 1 fully saturated rings. The van der Waals surface area contributed by atoms with Crippen molar-refractivity contribution in [2.24, 2.45) is 4.99 Å². The molecule has 0 radical (unpaired) electrons. The molecule has 0 bridgehead atoms. The molecule has 1 saturated carbocycles. The number of hydrogen-bond donors (Lipinski definition) is 1. The Morgan fingerprint density at radius 3 is 2.66 bits per heavy atom. The minimum absolute atomic E-state index is 0.0350. The Morgan fingerprint density at radius 1 is 1.21 bits per heavy atom. The highest BCUT2D eigenvalue weighted by molar-refractivity contribution is 8.14. The van der Waals surface area contributed by atoms with E-state index < -0.39 is 0 Å². The second-order valence-electron chi connectivity index (χ2n) is 8.05. The van der Waals surface area contributed by atoms with Gasteiger partial charge in [-0.2, -0.15) is 0 Å². The summed E-state index contributed by atoms with van der Waals surface area (Å²) in [5.41, 5.74) is 1.72. The lowest BCUT2D eigenvalue weighted by Crippen LogP contribution is -2.16. The lowest BCUT2D eigenvalue weighted by molar-refractivity contribution is 0.230. The molecule has 6 nitrogen and oxygen atoms in total. The average Bonchev–Trinajstić information content (AvgIpc) is 3.04. The minimum atomic E-state index is -0.114. The SMILES string of the molecule is COc1ccc(C2SC(C)=Nc3c2c(=O)[nH]n3C2CCCCC2)cc1OC(C)C. The number of nitrogens with zero attached hydrogens (tertiary/aromatic N) is 2. The minimum Gasteiger partial charge on any atom is -0.493 e. The first kappa shape index (κ1) is 20.1. The van der Waals surface area contributed by atoms with Crippen molar-refractivity contribution in [2.75, 3.05) is 7.11 Å². The van der Waals surface area contributed by atoms with Crippen molar-refractivity contribution in [3.8, 4) is 11.5 Å². The Balaban J connectivity index is 1.77. The standard InChI is InChI=1S/C22H29N3O3S/c1-13(2)28-18-12-15(10-11-17(18)27-4)20-19-21(23-14(3)29-20)25(24-22(19)26)16-8-6-5-7-9-16/h10-13,16,20H,5-9H2,1-4H3,(H,24,26). The molecule has 1 aromatic carbocycles. The number of nitrogens with one attached hydrogen (secondary N) is 1. The maximum atomic E-state index is 13.0. The predicted octanol–water partition coefficient (Wildman–Crippen LogP) is 5.36. The predicted molar refractivity (Wildman–Crippen MR) is 118 cm³/mol. The number of aliphatic imine (C=N–C) groups is 1. The molecule has 1 unspecified atom stereocenters. The normalized spacial score (nSPS) is 19.8. The highest BCUT2D eigenvalue weighted by Gasteiger charge is 2.32. The highest BCUT2D eigenvalue weighted by atomic mass is 32.2. The molecular formula is C22H29N3O3S. The molecule has 1 aliphatic heterocycles. The number of aromatic nitrogens is 2. The third kappa shape index (κ3) is 3.97. The number of benzene rings is 1. The van der Waals surface area contributed by atoms with Crippen LogP contribution in [0.15, 0.2) is 28.0 Å². The van der Waals surface area contributed by atoms with Gasteiger partial charge in [0.1, 0.15) is 0 Å². The quantitative estimate of drug-likeness (QED) is 0.713. The van der Waals surface area contributed by atoms with Gasteiger partial charge >= 0.3 is 0 Å². The molecular weight excluding hydrogens is 386 g/mol. The summed E-state index contributed by atoms with van der Waals surface area (Å²) < 4.78 is 13.4. The van der Waals surface area contributed by atoms with E-state index in [9.17, 15) is 4.79 Å². The number of ether oxygens (including phenoxy) is 2. The van der Waals surface area contributed by atoms with Gasteiger partial charge in [0, 0.05) is 0 Å². The van der Waals surface area contributed by atoms with Crippen molar-refractivity contribution in [1.82, 2.24) is 9.78 Å². The van der Waals surface area contributed by atoms with Crippen LogP contribution in [0.4, 0.5) is 5.82 Å². The molecule has 29 heavy (non-hydrogen) atoms. The number of H-pyrrole nitrogens is 1. The van der Waals surface area contributed by atoms with Crippen LogP contribution in [-0.2, 0) is 0 Å². The van der Waals surface area contributed by atoms with Gasteiger partial charge in [-0.05, 0) is 51.3 Å². The van der Waals surface area contributed by atoms with Crippen molar-refractivity contribution < 1.29 is 9.47 Å². The van der Waals surface area contributed by atoms with Crippen LogP contribution in [0.2, 0.25) is 0 Å². The fraction of sp³-hybridized carbons (Fsp3) is 0.545. The smallest absolute Gasteiger partial charge is 0.271 e. The molecule has 2 aromatic rings. The summed E-state index contributed by atoms with van der Waals surface area (Å²) >= 11 is 1.62. The van der Waals surface area contributed by atoms with E-state index in [-0.39, 0.29) is 16.9 Å². The molecule has 4 rings (SSSR count).